The van der Waals surface area contributed by atoms with E-state index < -0.39 is 0 Å². The molecule has 2 amide bonds. The second-order valence-electron chi connectivity index (χ2n) is 7.32. The Morgan fingerprint density at radius 1 is 1.25 bits per heavy atom. The number of carbonyl (C=O) groups excluding carboxylic acids is 2. The Bertz CT molecular complexity index is 884. The van der Waals surface area contributed by atoms with Gasteiger partial charge in [-0.3, -0.25) is 9.59 Å². The maximum Gasteiger partial charge on any atom is 0.292 e. The van der Waals surface area contributed by atoms with Crippen molar-refractivity contribution in [3.05, 3.63) is 47.5 Å². The average molecular weight is 383 g/mol. The van der Waals surface area contributed by atoms with Crippen LogP contribution in [0.25, 0.3) is 10.9 Å². The fraction of sp³-hybridized carbons (Fsp3) is 0.429. The number of likely N-dealkylation sites (tertiary alicyclic amines) is 1. The predicted molar refractivity (Wildman–Crippen MR) is 105 cm³/mol. The Balaban J connectivity index is 1.34. The lowest BCUT2D eigenvalue weighted by Gasteiger charge is -2.34. The van der Waals surface area contributed by atoms with Crippen LogP contribution in [0.5, 0.6) is 0 Å². The van der Waals surface area contributed by atoms with Crippen LogP contribution >= 0.6 is 0 Å². The number of amides is 2. The quantitative estimate of drug-likeness (QED) is 0.849. The molecule has 1 unspecified atom stereocenters. The number of H-pyrrole nitrogens is 1. The van der Waals surface area contributed by atoms with Crippen molar-refractivity contribution in [1.82, 2.24) is 15.2 Å². The van der Waals surface area contributed by atoms with Crippen molar-refractivity contribution >= 4 is 22.7 Å². The van der Waals surface area contributed by atoms with Crippen molar-refractivity contribution in [2.24, 2.45) is 5.92 Å². The Morgan fingerprint density at radius 2 is 2.07 bits per heavy atom. The highest BCUT2D eigenvalue weighted by molar-refractivity contribution is 5.98. The van der Waals surface area contributed by atoms with E-state index in [-0.39, 0.29) is 17.7 Å². The minimum absolute atomic E-state index is 0.121. The normalized spacial score (nSPS) is 19.9. The molecule has 1 fully saturated rings. The van der Waals surface area contributed by atoms with Gasteiger partial charge in [0.1, 0.15) is 24.7 Å². The Morgan fingerprint density at radius 3 is 2.89 bits per heavy atom. The van der Waals surface area contributed by atoms with Crippen molar-refractivity contribution < 1.29 is 19.1 Å². The topological polar surface area (TPSA) is 83.7 Å². The fourth-order valence-corrected chi connectivity index (χ4v) is 3.81. The van der Waals surface area contributed by atoms with E-state index in [9.17, 15) is 9.59 Å². The summed E-state index contributed by atoms with van der Waals surface area (Å²) in [5.41, 5.74) is 1.50. The van der Waals surface area contributed by atoms with Gasteiger partial charge >= 0.3 is 0 Å². The van der Waals surface area contributed by atoms with Gasteiger partial charge in [-0.15, -0.1) is 0 Å². The van der Waals surface area contributed by atoms with Crippen molar-refractivity contribution in [3.63, 3.8) is 0 Å². The van der Waals surface area contributed by atoms with Crippen LogP contribution < -0.4 is 5.32 Å². The number of aromatic nitrogens is 1. The first-order valence-corrected chi connectivity index (χ1v) is 9.73. The van der Waals surface area contributed by atoms with Gasteiger partial charge in [-0.05, 0) is 37.8 Å². The lowest BCUT2D eigenvalue weighted by molar-refractivity contribution is -0.134. The minimum atomic E-state index is -0.123. The number of rotatable bonds is 4. The fourth-order valence-electron chi connectivity index (χ4n) is 3.81. The van der Waals surface area contributed by atoms with Crippen LogP contribution in [-0.2, 0) is 14.3 Å². The molecule has 2 aliphatic rings. The van der Waals surface area contributed by atoms with Crippen LogP contribution in [0.15, 0.2) is 41.9 Å². The number of allylic oxidation sites excluding steroid dienone is 1. The molecule has 2 aromatic rings. The van der Waals surface area contributed by atoms with Crippen molar-refractivity contribution in [3.8, 4) is 0 Å². The summed E-state index contributed by atoms with van der Waals surface area (Å²) in [6, 6.07) is 9.67. The van der Waals surface area contributed by atoms with Crippen LogP contribution in [-0.4, -0.2) is 54.5 Å². The highest BCUT2D eigenvalue weighted by atomic mass is 16.6. The lowest BCUT2D eigenvalue weighted by atomic mass is 9.97. The smallest absolute Gasteiger partial charge is 0.292 e. The summed E-state index contributed by atoms with van der Waals surface area (Å²) >= 11 is 0. The van der Waals surface area contributed by atoms with E-state index >= 15 is 0 Å². The molecule has 1 aromatic carbocycles. The van der Waals surface area contributed by atoms with E-state index in [0.717, 1.165) is 23.7 Å². The van der Waals surface area contributed by atoms with E-state index in [0.29, 0.717) is 50.1 Å². The Kier molecular flexibility index (Phi) is 5.23. The number of benzene rings is 1. The van der Waals surface area contributed by atoms with E-state index in [4.69, 9.17) is 9.47 Å². The van der Waals surface area contributed by atoms with Gasteiger partial charge in [-0.25, -0.2) is 0 Å². The molecule has 148 valence electrons. The summed E-state index contributed by atoms with van der Waals surface area (Å²) in [4.78, 5) is 30.2. The molecule has 0 spiro atoms. The second-order valence-corrected chi connectivity index (χ2v) is 7.32. The number of fused-ring (bicyclic) bond motifs is 1. The first kappa shape index (κ1) is 18.4. The molecule has 7 heteroatoms. The van der Waals surface area contributed by atoms with E-state index in [1.54, 1.807) is 11.8 Å². The largest absolute Gasteiger partial charge is 0.491 e. The van der Waals surface area contributed by atoms with E-state index in [2.05, 4.69) is 10.3 Å². The van der Waals surface area contributed by atoms with Crippen molar-refractivity contribution in [1.29, 1.82) is 0 Å². The Hall–Kier alpha value is -2.96. The van der Waals surface area contributed by atoms with Gasteiger partial charge in [-0.2, -0.15) is 0 Å². The van der Waals surface area contributed by atoms with E-state index in [1.807, 2.05) is 30.3 Å². The van der Waals surface area contributed by atoms with Gasteiger partial charge in [0, 0.05) is 30.5 Å². The number of ether oxygens (including phenoxy) is 2. The summed E-state index contributed by atoms with van der Waals surface area (Å²) in [6.07, 6.45) is 1.89. The number of para-hydroxylation sites is 1. The zero-order chi connectivity index (χ0) is 19.5. The summed E-state index contributed by atoms with van der Waals surface area (Å²) in [6.45, 7) is 4.47. The number of nitrogens with one attached hydrogen (secondary N) is 2. The van der Waals surface area contributed by atoms with Crippen molar-refractivity contribution in [2.45, 2.75) is 19.8 Å². The highest BCUT2D eigenvalue weighted by Crippen LogP contribution is 2.21. The molecule has 2 N–H and O–H groups in total. The van der Waals surface area contributed by atoms with Crippen LogP contribution in [0.3, 0.4) is 0 Å². The number of hydrogen-bond donors (Lipinski definition) is 2. The molecule has 0 saturated carbocycles. The zero-order valence-corrected chi connectivity index (χ0v) is 16.0. The average Bonchev–Trinajstić information content (AvgIpc) is 3.16. The maximum absolute atomic E-state index is 12.7. The molecule has 1 aromatic heterocycles. The molecule has 28 heavy (non-hydrogen) atoms. The van der Waals surface area contributed by atoms with E-state index in [1.165, 1.54) is 0 Å². The molecule has 1 saturated heterocycles. The van der Waals surface area contributed by atoms with Gasteiger partial charge in [-0.1, -0.05) is 18.2 Å². The van der Waals surface area contributed by atoms with Crippen molar-refractivity contribution in [2.75, 3.05) is 32.8 Å². The molecular formula is C21H25N3O4. The number of aromatic amines is 1. The molecule has 4 rings (SSSR count). The SMILES string of the molecule is CC1=C(C(=O)N2CCCC(CNC(=O)c3cc4ccccc4[nH]3)C2)OCCO1. The summed E-state index contributed by atoms with van der Waals surface area (Å²) in [7, 11) is 0. The van der Waals surface area contributed by atoms with Gasteiger partial charge in [0.25, 0.3) is 11.8 Å². The zero-order valence-electron chi connectivity index (χ0n) is 16.0. The molecule has 2 aliphatic heterocycles. The summed E-state index contributed by atoms with van der Waals surface area (Å²) in [5.74, 6) is 0.835. The number of piperidine rings is 1. The summed E-state index contributed by atoms with van der Waals surface area (Å²) in [5, 5.41) is 4.02. The van der Waals surface area contributed by atoms with Crippen LogP contribution in [0.2, 0.25) is 0 Å². The maximum atomic E-state index is 12.7. The van der Waals surface area contributed by atoms with Gasteiger partial charge in [0.15, 0.2) is 0 Å². The van der Waals surface area contributed by atoms with Crippen LogP contribution in [0.1, 0.15) is 30.3 Å². The molecule has 7 nitrogen and oxygen atoms in total. The molecule has 0 radical (unpaired) electrons. The predicted octanol–water partition coefficient (Wildman–Crippen LogP) is 2.41. The third kappa shape index (κ3) is 3.83. The number of carbonyl (C=O) groups is 2. The molecule has 1 atom stereocenters. The third-order valence-electron chi connectivity index (χ3n) is 5.29. The number of hydrogen-bond acceptors (Lipinski definition) is 4. The van der Waals surface area contributed by atoms with Gasteiger partial charge < -0.3 is 24.7 Å². The first-order chi connectivity index (χ1) is 13.6. The number of nitrogens with zero attached hydrogens (tertiary/aromatic N) is 1. The standard InChI is InChI=1S/C21H25N3O4/c1-14-19(28-10-9-27-14)21(26)24-8-4-5-15(13-24)12-22-20(25)18-11-16-6-2-3-7-17(16)23-18/h2-3,6-7,11,15,23H,4-5,8-10,12-13H2,1H3,(H,22,25). The first-order valence-electron chi connectivity index (χ1n) is 9.73. The molecular weight excluding hydrogens is 358 g/mol. The third-order valence-corrected chi connectivity index (χ3v) is 5.29. The molecule has 0 bridgehead atoms. The minimum Gasteiger partial charge on any atom is -0.491 e. The molecule has 3 heterocycles. The van der Waals surface area contributed by atoms with Crippen LogP contribution in [0, 0.1) is 5.92 Å². The lowest BCUT2D eigenvalue weighted by Crippen LogP contribution is -2.45. The van der Waals surface area contributed by atoms with Crippen LogP contribution in [0.4, 0.5) is 0 Å². The highest BCUT2D eigenvalue weighted by Gasteiger charge is 2.29. The monoisotopic (exact) mass is 383 g/mol. The van der Waals surface area contributed by atoms with Gasteiger partial charge in [0.05, 0.1) is 0 Å². The summed E-state index contributed by atoms with van der Waals surface area (Å²) < 4.78 is 10.9. The Labute approximate surface area is 163 Å². The van der Waals surface area contributed by atoms with Gasteiger partial charge in [0.2, 0.25) is 5.76 Å². The molecule has 0 aliphatic carbocycles. The second kappa shape index (κ2) is 7.96.